The summed E-state index contributed by atoms with van der Waals surface area (Å²) in [6, 6.07) is 19.1. The Labute approximate surface area is 154 Å². The van der Waals surface area contributed by atoms with E-state index in [9.17, 15) is 4.79 Å². The van der Waals surface area contributed by atoms with E-state index in [1.807, 2.05) is 67.6 Å². The van der Waals surface area contributed by atoms with Gasteiger partial charge < -0.3 is 5.32 Å². The van der Waals surface area contributed by atoms with E-state index >= 15 is 0 Å². The van der Waals surface area contributed by atoms with Crippen molar-refractivity contribution in [1.29, 1.82) is 0 Å². The summed E-state index contributed by atoms with van der Waals surface area (Å²) in [6.07, 6.45) is 0. The Morgan fingerprint density at radius 2 is 1.62 bits per heavy atom. The smallest absolute Gasteiger partial charge is 0.307 e. The summed E-state index contributed by atoms with van der Waals surface area (Å²) in [6.45, 7) is 8.26. The summed E-state index contributed by atoms with van der Waals surface area (Å²) in [7, 11) is 0. The van der Waals surface area contributed by atoms with Crippen molar-refractivity contribution < 1.29 is 4.79 Å². The molecule has 1 aromatic heterocycles. The SMILES string of the molecule is Cc1ccccc1NC(=O)Nc1cc(C(C)(C)C)nn1-c1ccccc1. The van der Waals surface area contributed by atoms with Crippen molar-refractivity contribution in [2.24, 2.45) is 0 Å². The number of aromatic nitrogens is 2. The van der Waals surface area contributed by atoms with Gasteiger partial charge in [0.2, 0.25) is 0 Å². The third-order valence-electron chi connectivity index (χ3n) is 4.11. The van der Waals surface area contributed by atoms with Crippen LogP contribution in [0.4, 0.5) is 16.3 Å². The van der Waals surface area contributed by atoms with Crippen LogP contribution in [0.15, 0.2) is 60.7 Å². The van der Waals surface area contributed by atoms with Crippen LogP contribution in [0.3, 0.4) is 0 Å². The van der Waals surface area contributed by atoms with Crippen LogP contribution in [0.5, 0.6) is 0 Å². The van der Waals surface area contributed by atoms with Crippen molar-refractivity contribution >= 4 is 17.5 Å². The first-order chi connectivity index (χ1) is 12.3. The summed E-state index contributed by atoms with van der Waals surface area (Å²) in [5.74, 6) is 0.632. The number of carbonyl (C=O) groups is 1. The molecule has 26 heavy (non-hydrogen) atoms. The Morgan fingerprint density at radius 3 is 2.27 bits per heavy atom. The third-order valence-corrected chi connectivity index (χ3v) is 4.11. The molecule has 134 valence electrons. The van der Waals surface area contributed by atoms with Crippen molar-refractivity contribution in [3.63, 3.8) is 0 Å². The summed E-state index contributed by atoms with van der Waals surface area (Å²) >= 11 is 0. The number of amides is 2. The highest BCUT2D eigenvalue weighted by molar-refractivity contribution is 5.99. The summed E-state index contributed by atoms with van der Waals surface area (Å²) in [5, 5.41) is 10.5. The van der Waals surface area contributed by atoms with Gasteiger partial charge in [0, 0.05) is 17.2 Å². The van der Waals surface area contributed by atoms with Gasteiger partial charge in [-0.05, 0) is 30.7 Å². The normalized spacial score (nSPS) is 11.2. The van der Waals surface area contributed by atoms with Crippen LogP contribution in [-0.2, 0) is 5.41 Å². The zero-order valence-electron chi connectivity index (χ0n) is 15.6. The number of rotatable bonds is 3. The number of aryl methyl sites for hydroxylation is 1. The second-order valence-corrected chi connectivity index (χ2v) is 7.31. The van der Waals surface area contributed by atoms with Crippen LogP contribution in [0, 0.1) is 6.92 Å². The molecule has 0 aliphatic rings. The van der Waals surface area contributed by atoms with Gasteiger partial charge in [0.25, 0.3) is 0 Å². The van der Waals surface area contributed by atoms with Gasteiger partial charge in [0.1, 0.15) is 5.82 Å². The third kappa shape index (κ3) is 3.94. The second-order valence-electron chi connectivity index (χ2n) is 7.31. The highest BCUT2D eigenvalue weighted by Crippen LogP contribution is 2.26. The van der Waals surface area contributed by atoms with E-state index < -0.39 is 0 Å². The molecule has 3 aromatic rings. The lowest BCUT2D eigenvalue weighted by Crippen LogP contribution is -2.21. The summed E-state index contributed by atoms with van der Waals surface area (Å²) in [4.78, 5) is 12.5. The number of hydrogen-bond acceptors (Lipinski definition) is 2. The first kappa shape index (κ1) is 17.7. The van der Waals surface area contributed by atoms with Gasteiger partial charge in [-0.25, -0.2) is 9.48 Å². The van der Waals surface area contributed by atoms with E-state index in [4.69, 9.17) is 5.10 Å². The molecule has 3 rings (SSSR count). The Balaban J connectivity index is 1.90. The van der Waals surface area contributed by atoms with Crippen molar-refractivity contribution in [1.82, 2.24) is 9.78 Å². The molecule has 0 fully saturated rings. The fraction of sp³-hybridized carbons (Fsp3) is 0.238. The molecule has 0 radical (unpaired) electrons. The van der Waals surface area contributed by atoms with E-state index in [0.29, 0.717) is 5.82 Å². The molecule has 0 atom stereocenters. The lowest BCUT2D eigenvalue weighted by atomic mass is 9.92. The molecule has 2 N–H and O–H groups in total. The molecule has 0 aliphatic carbocycles. The van der Waals surface area contributed by atoms with Crippen LogP contribution in [0.25, 0.3) is 5.69 Å². The quantitative estimate of drug-likeness (QED) is 0.690. The Kier molecular flexibility index (Phi) is 4.80. The number of anilines is 2. The Morgan fingerprint density at radius 1 is 0.962 bits per heavy atom. The van der Waals surface area contributed by atoms with E-state index in [1.54, 1.807) is 4.68 Å². The monoisotopic (exact) mass is 348 g/mol. The molecule has 0 saturated carbocycles. The Hall–Kier alpha value is -3.08. The molecule has 0 unspecified atom stereocenters. The average Bonchev–Trinajstić information content (AvgIpc) is 3.02. The van der Waals surface area contributed by atoms with Crippen molar-refractivity contribution in [2.75, 3.05) is 10.6 Å². The highest BCUT2D eigenvalue weighted by Gasteiger charge is 2.21. The minimum atomic E-state index is -0.295. The lowest BCUT2D eigenvalue weighted by molar-refractivity contribution is 0.262. The zero-order valence-corrected chi connectivity index (χ0v) is 15.6. The van der Waals surface area contributed by atoms with Gasteiger partial charge in [0.15, 0.2) is 0 Å². The Bertz CT molecular complexity index is 907. The van der Waals surface area contributed by atoms with Gasteiger partial charge in [-0.1, -0.05) is 57.2 Å². The predicted molar refractivity (Wildman–Crippen MR) is 106 cm³/mol. The van der Waals surface area contributed by atoms with Crippen LogP contribution in [0.2, 0.25) is 0 Å². The molecular weight excluding hydrogens is 324 g/mol. The molecule has 0 bridgehead atoms. The number of benzene rings is 2. The molecule has 0 spiro atoms. The zero-order chi connectivity index (χ0) is 18.7. The van der Waals surface area contributed by atoms with Crippen LogP contribution in [-0.4, -0.2) is 15.8 Å². The second kappa shape index (κ2) is 7.04. The fourth-order valence-electron chi connectivity index (χ4n) is 2.59. The maximum Gasteiger partial charge on any atom is 0.324 e. The largest absolute Gasteiger partial charge is 0.324 e. The van der Waals surface area contributed by atoms with Gasteiger partial charge in [-0.15, -0.1) is 0 Å². The molecule has 2 amide bonds. The standard InChI is InChI=1S/C21H24N4O/c1-15-10-8-9-13-17(15)22-20(26)23-19-14-18(21(2,3)4)24-25(19)16-11-6-5-7-12-16/h5-14H,1-4H3,(H2,22,23,26). The number of nitrogens with zero attached hydrogens (tertiary/aromatic N) is 2. The number of urea groups is 1. The van der Waals surface area contributed by atoms with Crippen molar-refractivity contribution in [2.45, 2.75) is 33.1 Å². The summed E-state index contributed by atoms with van der Waals surface area (Å²) < 4.78 is 1.76. The van der Waals surface area contributed by atoms with E-state index in [0.717, 1.165) is 22.6 Å². The topological polar surface area (TPSA) is 59.0 Å². The first-order valence-corrected chi connectivity index (χ1v) is 8.64. The maximum atomic E-state index is 12.5. The van der Waals surface area contributed by atoms with Crippen molar-refractivity contribution in [3.05, 3.63) is 71.9 Å². The first-order valence-electron chi connectivity index (χ1n) is 8.64. The number of para-hydroxylation sites is 2. The van der Waals surface area contributed by atoms with Crippen LogP contribution >= 0.6 is 0 Å². The molecule has 1 heterocycles. The van der Waals surface area contributed by atoms with Gasteiger partial charge in [0.05, 0.1) is 11.4 Å². The lowest BCUT2D eigenvalue weighted by Gasteiger charge is -2.14. The predicted octanol–water partition coefficient (Wildman–Crippen LogP) is 5.12. The average molecular weight is 348 g/mol. The fourth-order valence-corrected chi connectivity index (χ4v) is 2.59. The maximum absolute atomic E-state index is 12.5. The van der Waals surface area contributed by atoms with Crippen LogP contribution < -0.4 is 10.6 Å². The summed E-state index contributed by atoms with van der Waals surface area (Å²) in [5.41, 5.74) is 3.48. The number of nitrogens with one attached hydrogen (secondary N) is 2. The van der Waals surface area contributed by atoms with E-state index in [1.165, 1.54) is 0 Å². The molecular formula is C21H24N4O. The van der Waals surface area contributed by atoms with Gasteiger partial charge in [-0.2, -0.15) is 5.10 Å². The minimum absolute atomic E-state index is 0.122. The van der Waals surface area contributed by atoms with E-state index in [2.05, 4.69) is 31.4 Å². The molecule has 5 heteroatoms. The minimum Gasteiger partial charge on any atom is -0.307 e. The number of carbonyl (C=O) groups excluding carboxylic acids is 1. The molecule has 0 saturated heterocycles. The molecule has 0 aliphatic heterocycles. The van der Waals surface area contributed by atoms with Crippen LogP contribution in [0.1, 0.15) is 32.0 Å². The van der Waals surface area contributed by atoms with Gasteiger partial charge >= 0.3 is 6.03 Å². The number of hydrogen-bond donors (Lipinski definition) is 2. The molecule has 2 aromatic carbocycles. The highest BCUT2D eigenvalue weighted by atomic mass is 16.2. The van der Waals surface area contributed by atoms with Crippen molar-refractivity contribution in [3.8, 4) is 5.69 Å². The van der Waals surface area contributed by atoms with E-state index in [-0.39, 0.29) is 11.4 Å². The van der Waals surface area contributed by atoms with Gasteiger partial charge in [-0.3, -0.25) is 5.32 Å². The molecule has 5 nitrogen and oxygen atoms in total.